The lowest BCUT2D eigenvalue weighted by molar-refractivity contribution is 1.30. The molecule has 0 amide bonds. The lowest BCUT2D eigenvalue weighted by atomic mass is 9.95. The minimum atomic E-state index is -2.89. The van der Waals surface area contributed by atoms with Gasteiger partial charge >= 0.3 is 0 Å². The summed E-state index contributed by atoms with van der Waals surface area (Å²) < 4.78 is 0. The Morgan fingerprint density at radius 1 is 0.219 bits per heavy atom. The van der Waals surface area contributed by atoms with Crippen LogP contribution >= 0.6 is 0 Å². The van der Waals surface area contributed by atoms with Crippen molar-refractivity contribution in [2.24, 2.45) is 0 Å². The van der Waals surface area contributed by atoms with Crippen molar-refractivity contribution in [3.8, 4) is 44.5 Å². The topological polar surface area (TPSA) is 6.48 Å². The molecule has 0 aliphatic carbocycles. The van der Waals surface area contributed by atoms with Crippen LogP contribution in [0.5, 0.6) is 0 Å². The predicted molar refractivity (Wildman–Crippen MR) is 277 cm³/mol. The molecule has 0 fully saturated rings. The van der Waals surface area contributed by atoms with Gasteiger partial charge < -0.3 is 9.80 Å². The Hall–Kier alpha value is -7.98. The number of nitrogens with zero attached hydrogens (tertiary/aromatic N) is 2. The zero-order valence-electron chi connectivity index (χ0n) is 34.6. The molecule has 0 unspecified atom stereocenters. The maximum absolute atomic E-state index is 2.89. The van der Waals surface area contributed by atoms with Gasteiger partial charge in [-0.1, -0.05) is 214 Å². The van der Waals surface area contributed by atoms with Crippen LogP contribution in [0.2, 0.25) is 0 Å². The number of para-hydroxylation sites is 4. The molecule has 0 spiro atoms. The highest BCUT2D eigenvalue weighted by Gasteiger charge is 2.42. The summed E-state index contributed by atoms with van der Waals surface area (Å²) in [6, 6.07) is 94.5. The molecule has 2 nitrogen and oxygen atoms in total. The molecule has 2 heterocycles. The van der Waals surface area contributed by atoms with Gasteiger partial charge in [0.25, 0.3) is 0 Å². The van der Waals surface area contributed by atoms with Gasteiger partial charge in [-0.25, -0.2) is 0 Å². The normalized spacial score (nSPS) is 12.2. The molecule has 12 rings (SSSR count). The fourth-order valence-electron chi connectivity index (χ4n) is 10.4. The molecule has 0 radical (unpaired) electrons. The molecule has 0 saturated carbocycles. The monoisotopic (exact) mass is 836 g/mol. The average Bonchev–Trinajstić information content (AvgIpc) is 3.57. The molecular formula is C61H48N2Si. The Labute approximate surface area is 379 Å². The summed E-state index contributed by atoms with van der Waals surface area (Å²) in [6.45, 7) is 0. The van der Waals surface area contributed by atoms with Crippen LogP contribution in [0, 0.1) is 0 Å². The molecule has 0 bridgehead atoms. The molecule has 64 heavy (non-hydrogen) atoms. The summed E-state index contributed by atoms with van der Waals surface area (Å²) in [5, 5.41) is 5.35. The highest BCUT2D eigenvalue weighted by Crippen LogP contribution is 2.52. The van der Waals surface area contributed by atoms with Gasteiger partial charge in [-0.15, -0.1) is 0 Å². The van der Waals surface area contributed by atoms with Gasteiger partial charge in [0.2, 0.25) is 0 Å². The highest BCUT2D eigenvalue weighted by molar-refractivity contribution is 7.19. The van der Waals surface area contributed by atoms with Crippen LogP contribution in [0.4, 0.5) is 34.1 Å². The number of benzene rings is 10. The molecule has 3 heteroatoms. The molecule has 306 valence electrons. The Morgan fingerprint density at radius 2 is 0.438 bits per heavy atom. The van der Waals surface area contributed by atoms with Crippen molar-refractivity contribution >= 4 is 62.9 Å². The van der Waals surface area contributed by atoms with E-state index in [4.69, 9.17) is 0 Å². The Kier molecular flexibility index (Phi) is 9.76. The molecule has 0 atom stereocenters. The highest BCUT2D eigenvalue weighted by atomic mass is 28.3. The third-order valence-electron chi connectivity index (χ3n) is 13.1. The van der Waals surface area contributed by atoms with Gasteiger partial charge in [-0.2, -0.15) is 0 Å². The molecule has 2 aliphatic rings. The van der Waals surface area contributed by atoms with Crippen LogP contribution in [-0.4, -0.2) is 8.07 Å². The van der Waals surface area contributed by atoms with Gasteiger partial charge in [0.1, 0.15) is 0 Å². The van der Waals surface area contributed by atoms with Gasteiger partial charge in [-0.05, 0) is 91.5 Å². The lowest BCUT2D eigenvalue weighted by Crippen LogP contribution is -2.74. The van der Waals surface area contributed by atoms with Crippen LogP contribution in [0.15, 0.2) is 255 Å². The van der Waals surface area contributed by atoms with E-state index in [9.17, 15) is 0 Å². The summed E-state index contributed by atoms with van der Waals surface area (Å²) in [7, 11) is -2.89. The third kappa shape index (κ3) is 6.08. The number of anilines is 6. The first kappa shape index (κ1) is 38.9. The van der Waals surface area contributed by atoms with Crippen molar-refractivity contribution in [3.05, 3.63) is 255 Å². The molecule has 2 aliphatic heterocycles. The second-order valence-corrected chi connectivity index (χ2v) is 20.2. The van der Waals surface area contributed by atoms with Gasteiger partial charge in [0.15, 0.2) is 8.07 Å². The number of hydrogen-bond acceptors (Lipinski definition) is 2. The van der Waals surface area contributed by atoms with Crippen LogP contribution in [0.25, 0.3) is 44.5 Å². The largest absolute Gasteiger partial charge is 0.309 e. The summed E-state index contributed by atoms with van der Waals surface area (Å²) in [5.41, 5.74) is 16.9. The second-order valence-electron chi connectivity index (χ2n) is 16.4. The lowest BCUT2D eigenvalue weighted by Gasteiger charge is -2.35. The van der Waals surface area contributed by atoms with E-state index in [-0.39, 0.29) is 8.85 Å². The average molecular weight is 837 g/mol. The summed E-state index contributed by atoms with van der Waals surface area (Å²) in [6.07, 6.45) is 0. The number of rotatable bonds is 6. The minimum absolute atomic E-state index is 0. The first-order chi connectivity index (χ1) is 31.3. The van der Waals surface area contributed by atoms with E-state index in [0.29, 0.717) is 0 Å². The first-order valence-corrected chi connectivity index (χ1v) is 23.8. The van der Waals surface area contributed by atoms with Crippen molar-refractivity contribution in [2.75, 3.05) is 9.80 Å². The standard InChI is InChI=1S/C60H42N2Si.CH4.H2/c1-3-19-45(20-4-1)63(46-21-5-2-6-22-46,47-39-35-43(36-40-47)61-57-31-15-11-27-53(57)49-23-7-8-24-50(49)54-28-12-16-32-58(54)61)48-41-37-44(38-42-48)62-59-33-17-13-29-55(59)51-25-9-10-26-52(51)56-30-14-18-34-60(56)62;;/h1-42H;1H4;1H. The van der Waals surface area contributed by atoms with Crippen LogP contribution in [0.3, 0.4) is 0 Å². The van der Waals surface area contributed by atoms with E-state index in [1.54, 1.807) is 0 Å². The summed E-state index contributed by atoms with van der Waals surface area (Å²) >= 11 is 0. The van der Waals surface area contributed by atoms with Crippen LogP contribution in [-0.2, 0) is 0 Å². The SMILES string of the molecule is C.[HH].c1ccc([Si](c2ccccc2)(c2ccc(N3c4ccccc4-c4ccccc4-c4ccccc43)cc2)c2ccc(N3c4ccccc4-c4ccccc4-c4ccccc43)cc2)cc1. The summed E-state index contributed by atoms with van der Waals surface area (Å²) in [4.78, 5) is 4.90. The fraction of sp³-hybridized carbons (Fsp3) is 0.0164. The molecule has 0 aromatic heterocycles. The van der Waals surface area contributed by atoms with Crippen LogP contribution < -0.4 is 30.5 Å². The molecule has 10 aromatic carbocycles. The first-order valence-electron chi connectivity index (χ1n) is 21.8. The molecular weight excluding hydrogens is 789 g/mol. The predicted octanol–water partition coefficient (Wildman–Crippen LogP) is 14.2. The van der Waals surface area contributed by atoms with Crippen molar-refractivity contribution in [3.63, 3.8) is 0 Å². The van der Waals surface area contributed by atoms with E-state index >= 15 is 0 Å². The van der Waals surface area contributed by atoms with Crippen molar-refractivity contribution in [2.45, 2.75) is 7.43 Å². The fourth-order valence-corrected chi connectivity index (χ4v) is 15.1. The second kappa shape index (κ2) is 16.0. The van der Waals surface area contributed by atoms with Crippen molar-refractivity contribution in [1.29, 1.82) is 0 Å². The van der Waals surface area contributed by atoms with Crippen molar-refractivity contribution in [1.82, 2.24) is 0 Å². The van der Waals surface area contributed by atoms with Gasteiger partial charge in [0, 0.05) is 35.1 Å². The van der Waals surface area contributed by atoms with E-state index in [0.717, 1.165) is 11.4 Å². The maximum Gasteiger partial charge on any atom is 0.179 e. The number of hydrogen-bond donors (Lipinski definition) is 0. The van der Waals surface area contributed by atoms with E-state index in [1.807, 2.05) is 0 Å². The van der Waals surface area contributed by atoms with Crippen LogP contribution in [0.1, 0.15) is 8.85 Å². The minimum Gasteiger partial charge on any atom is -0.309 e. The smallest absolute Gasteiger partial charge is 0.179 e. The third-order valence-corrected chi connectivity index (χ3v) is 17.9. The Bertz CT molecular complexity index is 2940. The Morgan fingerprint density at radius 3 is 0.719 bits per heavy atom. The van der Waals surface area contributed by atoms with Gasteiger partial charge in [-0.3, -0.25) is 0 Å². The van der Waals surface area contributed by atoms with Gasteiger partial charge in [0.05, 0.1) is 22.7 Å². The van der Waals surface area contributed by atoms with Crippen molar-refractivity contribution < 1.29 is 1.43 Å². The quantitative estimate of drug-likeness (QED) is 0.122. The molecule has 10 aromatic rings. The zero-order valence-corrected chi connectivity index (χ0v) is 35.6. The molecule has 0 saturated heterocycles. The Balaban J connectivity index is 0.00000249. The number of fused-ring (bicyclic) bond motifs is 10. The maximum atomic E-state index is 2.45. The zero-order chi connectivity index (χ0) is 41.7. The van der Waals surface area contributed by atoms with E-state index in [1.165, 1.54) is 88.0 Å². The van der Waals surface area contributed by atoms with E-state index in [2.05, 4.69) is 265 Å². The molecule has 0 N–H and O–H groups in total. The summed E-state index contributed by atoms with van der Waals surface area (Å²) in [5.74, 6) is 0. The van der Waals surface area contributed by atoms with E-state index < -0.39 is 8.07 Å².